The molecule has 0 aliphatic carbocycles. The Morgan fingerprint density at radius 1 is 1.22 bits per heavy atom. The van der Waals surface area contributed by atoms with Gasteiger partial charge in [-0.2, -0.15) is 0 Å². The molecule has 2 aliphatic rings. The standard InChI is InChI=1S/C25H31ClN6O3S/c1-16-21(30-23(33)35-24(2,3)4)25(15-34-16)6-10-31(11-7-25)18-13-29-19(14-28-18)36-17-5-9-32-12-8-27-22(32)20(17)26/h5,8-9,12-14,16,21H,6-7,10-11,15H2,1-4H3,(H,30,33)/t16-,21+/m0/s1. The fourth-order valence-electron chi connectivity index (χ4n) is 4.97. The number of alkyl carbamates (subject to hydrolysis) is 1. The molecule has 5 rings (SSSR count). The first kappa shape index (κ1) is 25.1. The number of carbonyl (C=O) groups excluding carboxylic acids is 1. The van der Waals surface area contributed by atoms with Crippen LogP contribution in [0.4, 0.5) is 10.6 Å². The number of hydrogen-bond acceptors (Lipinski definition) is 8. The Kier molecular flexibility index (Phi) is 6.78. The van der Waals surface area contributed by atoms with Crippen molar-refractivity contribution < 1.29 is 14.3 Å². The highest BCUT2D eigenvalue weighted by Crippen LogP contribution is 2.43. The number of fused-ring (bicyclic) bond motifs is 1. The lowest BCUT2D eigenvalue weighted by atomic mass is 9.73. The number of carbonyl (C=O) groups is 1. The quantitative estimate of drug-likeness (QED) is 0.512. The summed E-state index contributed by atoms with van der Waals surface area (Å²) in [6, 6.07) is 1.87. The minimum atomic E-state index is -0.538. The molecule has 192 valence electrons. The molecule has 0 aromatic carbocycles. The Morgan fingerprint density at radius 3 is 2.69 bits per heavy atom. The number of rotatable bonds is 4. The molecule has 2 saturated heterocycles. The molecule has 1 amide bonds. The number of amides is 1. The molecule has 2 fully saturated rings. The number of anilines is 1. The van der Waals surface area contributed by atoms with Crippen LogP contribution in [-0.2, 0) is 9.47 Å². The van der Waals surface area contributed by atoms with Crippen molar-refractivity contribution in [2.75, 3.05) is 24.6 Å². The van der Waals surface area contributed by atoms with E-state index in [-0.39, 0.29) is 17.6 Å². The fourth-order valence-corrected chi connectivity index (χ4v) is 6.05. The molecular weight excluding hydrogens is 500 g/mol. The van der Waals surface area contributed by atoms with Gasteiger partial charge in [-0.15, -0.1) is 0 Å². The van der Waals surface area contributed by atoms with Crippen LogP contribution in [0.1, 0.15) is 40.5 Å². The van der Waals surface area contributed by atoms with E-state index in [4.69, 9.17) is 21.1 Å². The first-order chi connectivity index (χ1) is 17.1. The van der Waals surface area contributed by atoms with Gasteiger partial charge in [-0.25, -0.2) is 19.7 Å². The SMILES string of the molecule is C[C@@H]1OCC2(CCN(c3cnc(Sc4ccn5ccnc5c4Cl)cn3)CC2)[C@@H]1NC(=O)OC(C)(C)C. The van der Waals surface area contributed by atoms with Crippen LogP contribution in [0.3, 0.4) is 0 Å². The third-order valence-electron chi connectivity index (χ3n) is 6.82. The molecule has 3 aromatic rings. The van der Waals surface area contributed by atoms with Crippen LogP contribution in [0, 0.1) is 5.41 Å². The van der Waals surface area contributed by atoms with Crippen molar-refractivity contribution in [1.29, 1.82) is 0 Å². The van der Waals surface area contributed by atoms with Gasteiger partial charge in [0.05, 0.1) is 36.2 Å². The van der Waals surface area contributed by atoms with E-state index in [2.05, 4.69) is 25.2 Å². The van der Waals surface area contributed by atoms with Gasteiger partial charge in [-0.05, 0) is 46.6 Å². The van der Waals surface area contributed by atoms with E-state index in [1.165, 1.54) is 11.8 Å². The maximum absolute atomic E-state index is 12.5. The monoisotopic (exact) mass is 530 g/mol. The summed E-state index contributed by atoms with van der Waals surface area (Å²) in [5.74, 6) is 0.840. The summed E-state index contributed by atoms with van der Waals surface area (Å²) in [5.41, 5.74) is 0.0698. The van der Waals surface area contributed by atoms with Crippen molar-refractivity contribution >= 4 is 40.9 Å². The molecule has 1 N–H and O–H groups in total. The molecule has 0 saturated carbocycles. The second kappa shape index (κ2) is 9.72. The molecule has 2 atom stereocenters. The van der Waals surface area contributed by atoms with E-state index in [9.17, 15) is 4.79 Å². The number of piperidine rings is 1. The van der Waals surface area contributed by atoms with Crippen LogP contribution in [0.5, 0.6) is 0 Å². The minimum Gasteiger partial charge on any atom is -0.444 e. The number of ether oxygens (including phenoxy) is 2. The molecule has 2 aliphatic heterocycles. The van der Waals surface area contributed by atoms with Gasteiger partial charge in [0.1, 0.15) is 16.4 Å². The highest BCUT2D eigenvalue weighted by Gasteiger charge is 2.50. The van der Waals surface area contributed by atoms with Crippen LogP contribution >= 0.6 is 23.4 Å². The van der Waals surface area contributed by atoms with Gasteiger partial charge in [-0.1, -0.05) is 23.4 Å². The largest absolute Gasteiger partial charge is 0.444 e. The molecule has 0 bridgehead atoms. The molecule has 9 nitrogen and oxygen atoms in total. The number of nitrogens with one attached hydrogen (secondary N) is 1. The van der Waals surface area contributed by atoms with Crippen LogP contribution < -0.4 is 10.2 Å². The van der Waals surface area contributed by atoms with Crippen molar-refractivity contribution in [2.24, 2.45) is 5.41 Å². The molecule has 11 heteroatoms. The Balaban J connectivity index is 1.22. The second-order valence-electron chi connectivity index (χ2n) is 10.5. The Labute approximate surface area is 219 Å². The Bertz CT molecular complexity index is 1240. The number of imidazole rings is 1. The summed E-state index contributed by atoms with van der Waals surface area (Å²) < 4.78 is 13.4. The van der Waals surface area contributed by atoms with Crippen LogP contribution in [0.15, 0.2) is 47.0 Å². The maximum atomic E-state index is 12.5. The van der Waals surface area contributed by atoms with E-state index < -0.39 is 11.7 Å². The van der Waals surface area contributed by atoms with Gasteiger partial charge in [0.25, 0.3) is 0 Å². The molecule has 0 radical (unpaired) electrons. The van der Waals surface area contributed by atoms with E-state index in [0.29, 0.717) is 11.6 Å². The normalized spacial score (nSPS) is 21.8. The molecule has 5 heterocycles. The Morgan fingerprint density at radius 2 is 2.00 bits per heavy atom. The van der Waals surface area contributed by atoms with E-state index in [1.807, 2.05) is 56.8 Å². The summed E-state index contributed by atoms with van der Waals surface area (Å²) in [7, 11) is 0. The highest BCUT2D eigenvalue weighted by molar-refractivity contribution is 7.99. The average Bonchev–Trinajstić information content (AvgIpc) is 3.42. The molecular formula is C25H31ClN6O3S. The van der Waals surface area contributed by atoms with Crippen LogP contribution in [0.25, 0.3) is 5.65 Å². The summed E-state index contributed by atoms with van der Waals surface area (Å²) >= 11 is 7.99. The fraction of sp³-hybridized carbons (Fsp3) is 0.520. The lowest BCUT2D eigenvalue weighted by Gasteiger charge is -2.42. The van der Waals surface area contributed by atoms with Gasteiger partial charge in [-0.3, -0.25) is 0 Å². The number of halogens is 1. The Hall–Kier alpha value is -2.56. The first-order valence-electron chi connectivity index (χ1n) is 12.1. The molecule has 3 aromatic heterocycles. The van der Waals surface area contributed by atoms with Gasteiger partial charge >= 0.3 is 6.09 Å². The van der Waals surface area contributed by atoms with Gasteiger partial charge in [0.2, 0.25) is 0 Å². The second-order valence-corrected chi connectivity index (χ2v) is 11.9. The molecule has 0 unspecified atom stereocenters. The van der Waals surface area contributed by atoms with Gasteiger partial charge in [0.15, 0.2) is 5.65 Å². The van der Waals surface area contributed by atoms with Gasteiger partial charge in [0, 0.05) is 42.0 Å². The van der Waals surface area contributed by atoms with E-state index in [0.717, 1.165) is 47.3 Å². The third kappa shape index (κ3) is 5.12. The summed E-state index contributed by atoms with van der Waals surface area (Å²) in [6.07, 6.45) is 10.4. The number of hydrogen-bond donors (Lipinski definition) is 1. The van der Waals surface area contributed by atoms with Crippen LogP contribution in [0.2, 0.25) is 5.02 Å². The smallest absolute Gasteiger partial charge is 0.407 e. The van der Waals surface area contributed by atoms with E-state index >= 15 is 0 Å². The predicted molar refractivity (Wildman–Crippen MR) is 139 cm³/mol. The third-order valence-corrected chi connectivity index (χ3v) is 8.28. The van der Waals surface area contributed by atoms with Crippen LogP contribution in [-0.4, -0.2) is 62.9 Å². The molecule has 1 spiro atoms. The number of aromatic nitrogens is 4. The number of nitrogens with zero attached hydrogens (tertiary/aromatic N) is 5. The molecule has 36 heavy (non-hydrogen) atoms. The predicted octanol–water partition coefficient (Wildman–Crippen LogP) is 4.83. The number of pyridine rings is 1. The summed E-state index contributed by atoms with van der Waals surface area (Å²) in [5, 5.41) is 4.46. The zero-order valence-electron chi connectivity index (χ0n) is 20.9. The van der Waals surface area contributed by atoms with Crippen molar-refractivity contribution in [3.63, 3.8) is 0 Å². The zero-order chi connectivity index (χ0) is 25.5. The van der Waals surface area contributed by atoms with Crippen molar-refractivity contribution in [2.45, 2.75) is 68.2 Å². The van der Waals surface area contributed by atoms with E-state index in [1.54, 1.807) is 12.4 Å². The van der Waals surface area contributed by atoms with Crippen molar-refractivity contribution in [1.82, 2.24) is 24.7 Å². The maximum Gasteiger partial charge on any atom is 0.407 e. The first-order valence-corrected chi connectivity index (χ1v) is 13.3. The summed E-state index contributed by atoms with van der Waals surface area (Å²) in [4.78, 5) is 29.2. The highest BCUT2D eigenvalue weighted by atomic mass is 35.5. The minimum absolute atomic E-state index is 0.0619. The van der Waals surface area contributed by atoms with Crippen molar-refractivity contribution in [3.8, 4) is 0 Å². The lowest BCUT2D eigenvalue weighted by molar-refractivity contribution is 0.0434. The lowest BCUT2D eigenvalue weighted by Crippen LogP contribution is -2.55. The van der Waals surface area contributed by atoms with Gasteiger partial charge < -0.3 is 24.1 Å². The topological polar surface area (TPSA) is 93.9 Å². The van der Waals surface area contributed by atoms with Crippen molar-refractivity contribution in [3.05, 3.63) is 42.1 Å². The summed E-state index contributed by atoms with van der Waals surface area (Å²) in [6.45, 7) is 9.87. The average molecular weight is 531 g/mol. The zero-order valence-corrected chi connectivity index (χ0v) is 22.5.